The molecule has 154 valence electrons. The van der Waals surface area contributed by atoms with Crippen LogP contribution in [0, 0.1) is 0 Å². The van der Waals surface area contributed by atoms with Gasteiger partial charge in [-0.2, -0.15) is 0 Å². The summed E-state index contributed by atoms with van der Waals surface area (Å²) >= 11 is 0. The van der Waals surface area contributed by atoms with Crippen LogP contribution >= 0.6 is 0 Å². The second kappa shape index (κ2) is 9.89. The Morgan fingerprint density at radius 1 is 1.11 bits per heavy atom. The zero-order chi connectivity index (χ0) is 19.9. The van der Waals surface area contributed by atoms with Crippen molar-refractivity contribution in [3.05, 3.63) is 29.8 Å². The van der Waals surface area contributed by atoms with Crippen LogP contribution in [-0.2, 0) is 9.53 Å². The van der Waals surface area contributed by atoms with Crippen LogP contribution in [0.4, 0.5) is 10.5 Å². The maximum absolute atomic E-state index is 12.7. The summed E-state index contributed by atoms with van der Waals surface area (Å²) < 4.78 is 5.33. The van der Waals surface area contributed by atoms with Crippen molar-refractivity contribution >= 4 is 17.6 Å². The Kier molecular flexibility index (Phi) is 7.28. The fourth-order valence-corrected chi connectivity index (χ4v) is 3.59. The van der Waals surface area contributed by atoms with E-state index in [-0.39, 0.29) is 18.5 Å². The molecule has 0 aromatic heterocycles. The van der Waals surface area contributed by atoms with E-state index in [9.17, 15) is 9.59 Å². The lowest BCUT2D eigenvalue weighted by molar-refractivity contribution is -0.121. The number of urea groups is 1. The molecule has 2 saturated heterocycles. The average molecular weight is 389 g/mol. The maximum Gasteiger partial charge on any atom is 0.325 e. The molecule has 2 heterocycles. The highest BCUT2D eigenvalue weighted by atomic mass is 16.5. The minimum atomic E-state index is -0.0965. The van der Waals surface area contributed by atoms with Crippen LogP contribution in [0.1, 0.15) is 31.7 Å². The van der Waals surface area contributed by atoms with Crippen molar-refractivity contribution in [2.45, 2.75) is 26.2 Å². The van der Waals surface area contributed by atoms with Gasteiger partial charge in [-0.3, -0.25) is 14.6 Å². The topological polar surface area (TPSA) is 65.1 Å². The molecule has 0 atom stereocenters. The summed E-state index contributed by atoms with van der Waals surface area (Å²) in [5.74, 6) is 0.374. The molecular weight excluding hydrogens is 356 g/mol. The van der Waals surface area contributed by atoms with Crippen molar-refractivity contribution in [2.75, 3.05) is 63.9 Å². The number of morpholine rings is 1. The van der Waals surface area contributed by atoms with E-state index in [1.165, 1.54) is 5.56 Å². The highest BCUT2D eigenvalue weighted by Gasteiger charge is 2.30. The summed E-state index contributed by atoms with van der Waals surface area (Å²) in [5.41, 5.74) is 2.14. The lowest BCUT2D eigenvalue weighted by Gasteiger charge is -2.26. The Morgan fingerprint density at radius 2 is 1.82 bits per heavy atom. The normalized spacial score (nSPS) is 18.2. The van der Waals surface area contributed by atoms with E-state index in [2.05, 4.69) is 36.2 Å². The van der Waals surface area contributed by atoms with Crippen LogP contribution in [0.2, 0.25) is 0 Å². The van der Waals surface area contributed by atoms with Gasteiger partial charge in [-0.05, 0) is 36.6 Å². The van der Waals surface area contributed by atoms with Gasteiger partial charge >= 0.3 is 6.03 Å². The summed E-state index contributed by atoms with van der Waals surface area (Å²) in [7, 11) is 0. The highest BCUT2D eigenvalue weighted by Crippen LogP contribution is 2.23. The molecule has 2 fully saturated rings. The SMILES string of the molecule is CC(C)c1ccc(N2CCN(CC(=O)NCCCN3CCOCC3)C2=O)cc1. The molecule has 0 spiro atoms. The van der Waals surface area contributed by atoms with E-state index < -0.39 is 0 Å². The molecule has 28 heavy (non-hydrogen) atoms. The number of carbonyl (C=O) groups excluding carboxylic acids is 2. The predicted molar refractivity (Wildman–Crippen MR) is 110 cm³/mol. The molecule has 0 aliphatic carbocycles. The number of ether oxygens (including phenoxy) is 1. The molecule has 3 rings (SSSR count). The van der Waals surface area contributed by atoms with Crippen molar-refractivity contribution < 1.29 is 14.3 Å². The first-order valence-electron chi connectivity index (χ1n) is 10.3. The molecule has 1 aromatic carbocycles. The standard InChI is InChI=1S/C21H32N4O3/c1-17(2)18-4-6-19(7-5-18)25-11-10-24(21(25)27)16-20(26)22-8-3-9-23-12-14-28-15-13-23/h4-7,17H,3,8-16H2,1-2H3,(H,22,26). The van der Waals surface area contributed by atoms with Crippen LogP contribution in [-0.4, -0.2) is 80.8 Å². The van der Waals surface area contributed by atoms with E-state index in [1.54, 1.807) is 9.80 Å². The van der Waals surface area contributed by atoms with Crippen LogP contribution in [0.5, 0.6) is 0 Å². The third-order valence-electron chi connectivity index (χ3n) is 5.38. The van der Waals surface area contributed by atoms with Gasteiger partial charge in [-0.1, -0.05) is 26.0 Å². The van der Waals surface area contributed by atoms with Gasteiger partial charge in [0.1, 0.15) is 6.54 Å². The Hall–Kier alpha value is -2.12. The van der Waals surface area contributed by atoms with E-state index in [1.807, 2.05) is 12.1 Å². The Labute approximate surface area is 167 Å². The van der Waals surface area contributed by atoms with Gasteiger partial charge in [0, 0.05) is 38.4 Å². The Balaban J connectivity index is 1.39. The molecule has 7 heteroatoms. The molecule has 1 aromatic rings. The number of hydrogen-bond donors (Lipinski definition) is 1. The number of rotatable bonds is 8. The smallest absolute Gasteiger partial charge is 0.325 e. The number of nitrogens with zero attached hydrogens (tertiary/aromatic N) is 3. The van der Waals surface area contributed by atoms with Crippen molar-refractivity contribution in [2.24, 2.45) is 0 Å². The van der Waals surface area contributed by atoms with Crippen molar-refractivity contribution in [1.29, 1.82) is 0 Å². The fourth-order valence-electron chi connectivity index (χ4n) is 3.59. The third-order valence-corrected chi connectivity index (χ3v) is 5.38. The van der Waals surface area contributed by atoms with E-state index in [0.717, 1.165) is 45.0 Å². The van der Waals surface area contributed by atoms with Crippen LogP contribution in [0.15, 0.2) is 24.3 Å². The third kappa shape index (κ3) is 5.45. The predicted octanol–water partition coefficient (Wildman–Crippen LogP) is 1.89. The summed E-state index contributed by atoms with van der Waals surface area (Å²) in [6, 6.07) is 8.01. The number of nitrogens with one attached hydrogen (secondary N) is 1. The first kappa shape index (κ1) is 20.6. The molecule has 3 amide bonds. The maximum atomic E-state index is 12.7. The molecular formula is C21H32N4O3. The summed E-state index contributed by atoms with van der Waals surface area (Å²) in [4.78, 5) is 30.6. The molecule has 0 radical (unpaired) electrons. The summed E-state index contributed by atoms with van der Waals surface area (Å²) in [5, 5.41) is 2.93. The molecule has 0 saturated carbocycles. The largest absolute Gasteiger partial charge is 0.379 e. The minimum absolute atomic E-state index is 0.0904. The molecule has 7 nitrogen and oxygen atoms in total. The van der Waals surface area contributed by atoms with Crippen LogP contribution in [0.3, 0.4) is 0 Å². The first-order chi connectivity index (χ1) is 13.5. The molecule has 1 N–H and O–H groups in total. The van der Waals surface area contributed by atoms with E-state index in [4.69, 9.17) is 4.74 Å². The quantitative estimate of drug-likeness (QED) is 0.691. The van der Waals surface area contributed by atoms with Crippen molar-refractivity contribution in [1.82, 2.24) is 15.1 Å². The number of amides is 3. The van der Waals surface area contributed by atoms with Crippen LogP contribution < -0.4 is 10.2 Å². The zero-order valence-electron chi connectivity index (χ0n) is 17.0. The molecule has 2 aliphatic heterocycles. The van der Waals surface area contributed by atoms with Gasteiger partial charge in [-0.25, -0.2) is 4.79 Å². The second-order valence-corrected chi connectivity index (χ2v) is 7.76. The van der Waals surface area contributed by atoms with Gasteiger partial charge < -0.3 is 15.0 Å². The Bertz CT molecular complexity index is 656. The Morgan fingerprint density at radius 3 is 2.50 bits per heavy atom. The van der Waals surface area contributed by atoms with Gasteiger partial charge in [0.15, 0.2) is 0 Å². The molecule has 0 unspecified atom stereocenters. The lowest BCUT2D eigenvalue weighted by atomic mass is 10.0. The van der Waals surface area contributed by atoms with Gasteiger partial charge in [0.05, 0.1) is 13.2 Å². The first-order valence-corrected chi connectivity index (χ1v) is 10.3. The van der Waals surface area contributed by atoms with Gasteiger partial charge in [-0.15, -0.1) is 0 Å². The van der Waals surface area contributed by atoms with Gasteiger partial charge in [0.25, 0.3) is 0 Å². The molecule has 2 aliphatic rings. The summed E-state index contributed by atoms with van der Waals surface area (Å²) in [6.45, 7) is 10.7. The average Bonchev–Trinajstić information content (AvgIpc) is 3.06. The summed E-state index contributed by atoms with van der Waals surface area (Å²) in [6.07, 6.45) is 0.911. The second-order valence-electron chi connectivity index (χ2n) is 7.76. The number of hydrogen-bond acceptors (Lipinski definition) is 4. The fraction of sp³-hybridized carbons (Fsp3) is 0.619. The van der Waals surface area contributed by atoms with E-state index in [0.29, 0.717) is 25.6 Å². The number of benzene rings is 1. The zero-order valence-corrected chi connectivity index (χ0v) is 17.0. The van der Waals surface area contributed by atoms with E-state index >= 15 is 0 Å². The highest BCUT2D eigenvalue weighted by molar-refractivity contribution is 5.96. The number of carbonyl (C=O) groups is 2. The molecule has 0 bridgehead atoms. The monoisotopic (exact) mass is 388 g/mol. The minimum Gasteiger partial charge on any atom is -0.379 e. The van der Waals surface area contributed by atoms with Gasteiger partial charge in [0.2, 0.25) is 5.91 Å². The lowest BCUT2D eigenvalue weighted by Crippen LogP contribution is -2.41. The number of anilines is 1. The van der Waals surface area contributed by atoms with Crippen LogP contribution in [0.25, 0.3) is 0 Å². The van der Waals surface area contributed by atoms with Crippen molar-refractivity contribution in [3.63, 3.8) is 0 Å². The van der Waals surface area contributed by atoms with Crippen molar-refractivity contribution in [3.8, 4) is 0 Å².